The minimum absolute atomic E-state index is 0.177. The Kier molecular flexibility index (Phi) is 5.37. The fourth-order valence-electron chi connectivity index (χ4n) is 4.89. The van der Waals surface area contributed by atoms with Crippen LogP contribution in [0.1, 0.15) is 35.8 Å². The molecule has 1 atom stereocenters. The number of hydrogen-bond donors (Lipinski definition) is 0. The molecule has 0 aliphatic carbocycles. The molecule has 3 aromatic heterocycles. The Morgan fingerprint density at radius 2 is 1.77 bits per heavy atom. The summed E-state index contributed by atoms with van der Waals surface area (Å²) in [4.78, 5) is 14.1. The van der Waals surface area contributed by atoms with Crippen molar-refractivity contribution in [2.45, 2.75) is 32.2 Å². The Hall–Kier alpha value is -4.26. The van der Waals surface area contributed by atoms with E-state index in [9.17, 15) is 0 Å². The lowest BCUT2D eigenvalue weighted by Crippen LogP contribution is -2.18. The van der Waals surface area contributed by atoms with E-state index in [1.165, 1.54) is 16.7 Å². The van der Waals surface area contributed by atoms with Crippen LogP contribution in [0.4, 0.5) is 0 Å². The number of aromatic nitrogens is 6. The maximum atomic E-state index is 5.61. The minimum atomic E-state index is 0.177. The SMILES string of the molecule is COc1nc(-c2nc3n(n2)CCC[C@H]3c2ccccc2-c2ccccc2)ccc1-n1cnc(C)c1. The summed E-state index contributed by atoms with van der Waals surface area (Å²) in [5.41, 5.74) is 6.21. The molecule has 6 rings (SSSR count). The highest BCUT2D eigenvalue weighted by Crippen LogP contribution is 2.38. The van der Waals surface area contributed by atoms with Gasteiger partial charge in [-0.2, -0.15) is 0 Å². The molecule has 0 saturated carbocycles. The van der Waals surface area contributed by atoms with Crippen LogP contribution < -0.4 is 4.74 Å². The topological polar surface area (TPSA) is 70.7 Å². The van der Waals surface area contributed by atoms with E-state index in [0.717, 1.165) is 36.6 Å². The molecule has 2 aromatic carbocycles. The molecule has 0 amide bonds. The second-order valence-electron chi connectivity index (χ2n) is 8.81. The van der Waals surface area contributed by atoms with E-state index in [1.807, 2.05) is 34.5 Å². The van der Waals surface area contributed by atoms with Gasteiger partial charge in [0.1, 0.15) is 17.2 Å². The Balaban J connectivity index is 1.39. The number of pyridine rings is 1. The molecule has 1 aliphatic heterocycles. The van der Waals surface area contributed by atoms with Crippen LogP contribution in [0.25, 0.3) is 28.3 Å². The smallest absolute Gasteiger partial charge is 0.238 e. The standard InChI is InChI=1S/C28H26N6O/c1-19-17-33(18-29-19)25-15-14-24(30-28(25)35-2)26-31-27-23(13-8-16-34(27)32-26)22-12-7-6-11-21(22)20-9-4-3-5-10-20/h3-7,9-12,14-15,17-18,23H,8,13,16H2,1-2H3/t23-/m0/s1. The highest BCUT2D eigenvalue weighted by atomic mass is 16.5. The summed E-state index contributed by atoms with van der Waals surface area (Å²) < 4.78 is 9.56. The average molecular weight is 463 g/mol. The molecule has 4 heterocycles. The van der Waals surface area contributed by atoms with E-state index in [4.69, 9.17) is 19.8 Å². The first-order valence-electron chi connectivity index (χ1n) is 11.9. The molecule has 0 bridgehead atoms. The van der Waals surface area contributed by atoms with Crippen molar-refractivity contribution in [3.8, 4) is 34.2 Å². The Labute approximate surface area is 204 Å². The van der Waals surface area contributed by atoms with Crippen molar-refractivity contribution in [1.29, 1.82) is 0 Å². The zero-order chi connectivity index (χ0) is 23.8. The van der Waals surface area contributed by atoms with Gasteiger partial charge in [-0.05, 0) is 48.6 Å². The summed E-state index contributed by atoms with van der Waals surface area (Å²) >= 11 is 0. The molecule has 7 heteroatoms. The highest BCUT2D eigenvalue weighted by molar-refractivity contribution is 5.68. The van der Waals surface area contributed by atoms with Gasteiger partial charge in [-0.3, -0.25) is 0 Å². The van der Waals surface area contributed by atoms with E-state index in [2.05, 4.69) is 59.6 Å². The first-order valence-corrected chi connectivity index (χ1v) is 11.9. The van der Waals surface area contributed by atoms with Crippen LogP contribution in [-0.4, -0.2) is 36.4 Å². The first-order chi connectivity index (χ1) is 17.2. The van der Waals surface area contributed by atoms with Crippen molar-refractivity contribution in [1.82, 2.24) is 29.3 Å². The van der Waals surface area contributed by atoms with Gasteiger partial charge < -0.3 is 9.30 Å². The second kappa shape index (κ2) is 8.83. The molecule has 0 radical (unpaired) electrons. The summed E-state index contributed by atoms with van der Waals surface area (Å²) in [6.45, 7) is 2.81. The Bertz CT molecular complexity index is 1490. The Morgan fingerprint density at radius 3 is 2.57 bits per heavy atom. The average Bonchev–Trinajstić information content (AvgIpc) is 3.55. The van der Waals surface area contributed by atoms with Gasteiger partial charge in [-0.15, -0.1) is 5.10 Å². The maximum absolute atomic E-state index is 5.61. The molecule has 174 valence electrons. The lowest BCUT2D eigenvalue weighted by molar-refractivity contribution is 0.396. The predicted molar refractivity (Wildman–Crippen MR) is 135 cm³/mol. The molecule has 0 spiro atoms. The third kappa shape index (κ3) is 3.89. The van der Waals surface area contributed by atoms with Crippen LogP contribution in [0.3, 0.4) is 0 Å². The molecule has 1 aliphatic rings. The van der Waals surface area contributed by atoms with Gasteiger partial charge in [0.2, 0.25) is 5.88 Å². The predicted octanol–water partition coefficient (Wildman–Crippen LogP) is 5.44. The summed E-state index contributed by atoms with van der Waals surface area (Å²) in [6, 6.07) is 23.1. The highest BCUT2D eigenvalue weighted by Gasteiger charge is 2.28. The molecule has 5 aromatic rings. The van der Waals surface area contributed by atoms with Crippen LogP contribution in [0.5, 0.6) is 5.88 Å². The van der Waals surface area contributed by atoms with Gasteiger partial charge in [-0.1, -0.05) is 54.6 Å². The van der Waals surface area contributed by atoms with Gasteiger partial charge in [0.25, 0.3) is 0 Å². The number of imidazole rings is 1. The van der Waals surface area contributed by atoms with Gasteiger partial charge in [-0.25, -0.2) is 19.6 Å². The number of nitrogens with zero attached hydrogens (tertiary/aromatic N) is 6. The third-order valence-electron chi connectivity index (χ3n) is 6.55. The normalized spacial score (nSPS) is 15.1. The van der Waals surface area contributed by atoms with Crippen LogP contribution in [0.2, 0.25) is 0 Å². The number of rotatable bonds is 5. The van der Waals surface area contributed by atoms with E-state index < -0.39 is 0 Å². The second-order valence-corrected chi connectivity index (χ2v) is 8.81. The molecule has 7 nitrogen and oxygen atoms in total. The van der Waals surface area contributed by atoms with Crippen molar-refractivity contribution >= 4 is 0 Å². The first kappa shape index (κ1) is 21.3. The number of fused-ring (bicyclic) bond motifs is 1. The molecular weight excluding hydrogens is 436 g/mol. The molecule has 0 saturated heterocycles. The van der Waals surface area contributed by atoms with Crippen molar-refractivity contribution < 1.29 is 4.74 Å². The lowest BCUT2D eigenvalue weighted by Gasteiger charge is -2.24. The number of hydrogen-bond acceptors (Lipinski definition) is 5. The number of aryl methyl sites for hydroxylation is 2. The number of benzene rings is 2. The summed E-state index contributed by atoms with van der Waals surface area (Å²) in [7, 11) is 1.63. The quantitative estimate of drug-likeness (QED) is 0.348. The zero-order valence-electron chi connectivity index (χ0n) is 19.8. The van der Waals surface area contributed by atoms with Crippen LogP contribution in [0, 0.1) is 6.92 Å². The van der Waals surface area contributed by atoms with E-state index in [-0.39, 0.29) is 5.92 Å². The monoisotopic (exact) mass is 462 g/mol. The van der Waals surface area contributed by atoms with Gasteiger partial charge in [0.05, 0.1) is 19.1 Å². The van der Waals surface area contributed by atoms with E-state index >= 15 is 0 Å². The van der Waals surface area contributed by atoms with Crippen molar-refractivity contribution in [3.05, 3.63) is 96.3 Å². The molecule has 0 unspecified atom stereocenters. The van der Waals surface area contributed by atoms with Gasteiger partial charge in [0.15, 0.2) is 5.82 Å². The third-order valence-corrected chi connectivity index (χ3v) is 6.55. The summed E-state index contributed by atoms with van der Waals surface area (Å²) in [5.74, 6) is 2.30. The maximum Gasteiger partial charge on any atom is 0.238 e. The molecule has 0 N–H and O–H groups in total. The van der Waals surface area contributed by atoms with Crippen LogP contribution in [-0.2, 0) is 6.54 Å². The Morgan fingerprint density at radius 1 is 0.943 bits per heavy atom. The van der Waals surface area contributed by atoms with Gasteiger partial charge >= 0.3 is 0 Å². The lowest BCUT2D eigenvalue weighted by atomic mass is 9.86. The van der Waals surface area contributed by atoms with Crippen molar-refractivity contribution in [2.24, 2.45) is 0 Å². The van der Waals surface area contributed by atoms with E-state index in [1.54, 1.807) is 13.4 Å². The molecule has 0 fully saturated rings. The fourth-order valence-corrected chi connectivity index (χ4v) is 4.89. The fraction of sp³-hybridized carbons (Fsp3) is 0.214. The van der Waals surface area contributed by atoms with Gasteiger partial charge in [0, 0.05) is 18.7 Å². The minimum Gasteiger partial charge on any atom is -0.479 e. The number of methoxy groups -OCH3 is 1. The number of ether oxygens (including phenoxy) is 1. The van der Waals surface area contributed by atoms with E-state index in [0.29, 0.717) is 17.4 Å². The van der Waals surface area contributed by atoms with Crippen LogP contribution in [0.15, 0.2) is 79.3 Å². The van der Waals surface area contributed by atoms with Crippen molar-refractivity contribution in [2.75, 3.05) is 7.11 Å². The summed E-state index contributed by atoms with van der Waals surface area (Å²) in [5, 5.41) is 4.85. The molecule has 35 heavy (non-hydrogen) atoms. The van der Waals surface area contributed by atoms with Crippen LogP contribution >= 0.6 is 0 Å². The summed E-state index contributed by atoms with van der Waals surface area (Å²) in [6.07, 6.45) is 5.80. The molecular formula is C28H26N6O. The zero-order valence-corrected chi connectivity index (χ0v) is 19.8. The largest absolute Gasteiger partial charge is 0.479 e. The van der Waals surface area contributed by atoms with Crippen molar-refractivity contribution in [3.63, 3.8) is 0 Å².